The lowest BCUT2D eigenvalue weighted by molar-refractivity contribution is -0.142. The Bertz CT molecular complexity index is 699. The SMILES string of the molecule is CC(C)COc1ccc(NC(=O)N2CCN(C(=O)C3CCCO3)CC2)cc1Cl. The molecule has 7 nitrogen and oxygen atoms in total. The molecular formula is C20H28ClN3O4. The third-order valence-corrected chi connectivity index (χ3v) is 5.13. The molecule has 8 heteroatoms. The van der Waals surface area contributed by atoms with Crippen molar-refractivity contribution in [1.82, 2.24) is 9.80 Å². The smallest absolute Gasteiger partial charge is 0.321 e. The molecule has 0 aliphatic carbocycles. The Labute approximate surface area is 170 Å². The van der Waals surface area contributed by atoms with Crippen LogP contribution in [0.5, 0.6) is 5.75 Å². The van der Waals surface area contributed by atoms with Crippen molar-refractivity contribution in [1.29, 1.82) is 0 Å². The van der Waals surface area contributed by atoms with E-state index in [0.29, 0.717) is 61.8 Å². The summed E-state index contributed by atoms with van der Waals surface area (Å²) in [6, 6.07) is 5.03. The predicted octanol–water partition coefficient (Wildman–Crippen LogP) is 3.23. The molecule has 154 valence electrons. The molecule has 1 atom stereocenters. The molecule has 2 heterocycles. The third-order valence-electron chi connectivity index (χ3n) is 4.84. The molecule has 2 fully saturated rings. The number of nitrogens with zero attached hydrogens (tertiary/aromatic N) is 2. The summed E-state index contributed by atoms with van der Waals surface area (Å²) in [5, 5.41) is 3.33. The van der Waals surface area contributed by atoms with E-state index in [9.17, 15) is 9.59 Å². The van der Waals surface area contributed by atoms with Gasteiger partial charge in [0.05, 0.1) is 11.6 Å². The Morgan fingerprint density at radius 3 is 2.57 bits per heavy atom. The molecule has 0 radical (unpaired) electrons. The first-order valence-electron chi connectivity index (χ1n) is 9.82. The van der Waals surface area contributed by atoms with Crippen LogP contribution >= 0.6 is 11.6 Å². The van der Waals surface area contributed by atoms with Crippen LogP contribution in [-0.2, 0) is 9.53 Å². The van der Waals surface area contributed by atoms with E-state index in [-0.39, 0.29) is 18.0 Å². The quantitative estimate of drug-likeness (QED) is 0.810. The van der Waals surface area contributed by atoms with Crippen LogP contribution in [0.2, 0.25) is 5.02 Å². The summed E-state index contributed by atoms with van der Waals surface area (Å²) in [5.74, 6) is 1.05. The van der Waals surface area contributed by atoms with Gasteiger partial charge in [-0.3, -0.25) is 4.79 Å². The van der Waals surface area contributed by atoms with Gasteiger partial charge < -0.3 is 24.6 Å². The molecule has 0 bridgehead atoms. The van der Waals surface area contributed by atoms with Crippen LogP contribution in [0.3, 0.4) is 0 Å². The minimum absolute atomic E-state index is 0.0429. The van der Waals surface area contributed by atoms with Crippen molar-refractivity contribution in [2.75, 3.05) is 44.7 Å². The Kier molecular flexibility index (Phi) is 7.02. The topological polar surface area (TPSA) is 71.1 Å². The van der Waals surface area contributed by atoms with E-state index < -0.39 is 0 Å². The van der Waals surface area contributed by atoms with Crippen LogP contribution in [0.4, 0.5) is 10.5 Å². The van der Waals surface area contributed by atoms with Crippen molar-refractivity contribution in [3.05, 3.63) is 23.2 Å². The minimum Gasteiger partial charge on any atom is -0.492 e. The van der Waals surface area contributed by atoms with E-state index in [1.807, 2.05) is 0 Å². The maximum absolute atomic E-state index is 12.5. The number of urea groups is 1. The number of anilines is 1. The molecule has 3 amide bonds. The van der Waals surface area contributed by atoms with Crippen LogP contribution < -0.4 is 10.1 Å². The maximum Gasteiger partial charge on any atom is 0.321 e. The zero-order chi connectivity index (χ0) is 20.1. The Hall–Kier alpha value is -1.99. The average Bonchev–Trinajstić information content (AvgIpc) is 3.21. The zero-order valence-corrected chi connectivity index (χ0v) is 17.2. The normalized spacial score (nSPS) is 19.8. The van der Waals surface area contributed by atoms with Gasteiger partial charge in [-0.05, 0) is 37.0 Å². The van der Waals surface area contributed by atoms with Gasteiger partial charge in [-0.2, -0.15) is 0 Å². The molecule has 0 saturated carbocycles. The van der Waals surface area contributed by atoms with E-state index >= 15 is 0 Å². The molecule has 3 rings (SSSR count). The fourth-order valence-corrected chi connectivity index (χ4v) is 3.50. The number of halogens is 1. The third kappa shape index (κ3) is 5.29. The summed E-state index contributed by atoms with van der Waals surface area (Å²) in [4.78, 5) is 28.4. The van der Waals surface area contributed by atoms with Gasteiger partial charge in [0, 0.05) is 38.5 Å². The summed E-state index contributed by atoms with van der Waals surface area (Å²) in [6.45, 7) is 7.40. The van der Waals surface area contributed by atoms with E-state index in [2.05, 4.69) is 19.2 Å². The van der Waals surface area contributed by atoms with Gasteiger partial charge in [-0.25, -0.2) is 4.79 Å². The highest BCUT2D eigenvalue weighted by molar-refractivity contribution is 6.32. The predicted molar refractivity (Wildman–Crippen MR) is 108 cm³/mol. The van der Waals surface area contributed by atoms with Crippen molar-refractivity contribution in [3.63, 3.8) is 0 Å². The maximum atomic E-state index is 12.5. The standard InChI is InChI=1S/C20H28ClN3O4/c1-14(2)13-28-17-6-5-15(12-16(17)21)22-20(26)24-9-7-23(8-10-24)19(25)18-4-3-11-27-18/h5-6,12,14,18H,3-4,7-11,13H2,1-2H3,(H,22,26). The number of hydrogen-bond donors (Lipinski definition) is 1. The highest BCUT2D eigenvalue weighted by Crippen LogP contribution is 2.28. The molecule has 28 heavy (non-hydrogen) atoms. The van der Waals surface area contributed by atoms with E-state index in [4.69, 9.17) is 21.1 Å². The van der Waals surface area contributed by atoms with Crippen molar-refractivity contribution < 1.29 is 19.1 Å². The van der Waals surface area contributed by atoms with Crippen LogP contribution in [0.25, 0.3) is 0 Å². The largest absolute Gasteiger partial charge is 0.492 e. The van der Waals surface area contributed by atoms with Crippen LogP contribution in [0.15, 0.2) is 18.2 Å². The van der Waals surface area contributed by atoms with Gasteiger partial charge in [0.25, 0.3) is 5.91 Å². The zero-order valence-electron chi connectivity index (χ0n) is 16.4. The molecule has 1 aromatic rings. The van der Waals surface area contributed by atoms with Crippen molar-refractivity contribution in [2.24, 2.45) is 5.92 Å². The summed E-state index contributed by atoms with van der Waals surface area (Å²) in [5.41, 5.74) is 0.616. The fraction of sp³-hybridized carbons (Fsp3) is 0.600. The van der Waals surface area contributed by atoms with E-state index in [1.165, 1.54) is 0 Å². The molecule has 0 spiro atoms. The second kappa shape index (κ2) is 9.47. The summed E-state index contributed by atoms with van der Waals surface area (Å²) < 4.78 is 11.1. The number of benzene rings is 1. The van der Waals surface area contributed by atoms with Gasteiger partial charge >= 0.3 is 6.03 Å². The second-order valence-electron chi connectivity index (χ2n) is 7.59. The second-order valence-corrected chi connectivity index (χ2v) is 8.00. The van der Waals surface area contributed by atoms with Gasteiger partial charge in [0.1, 0.15) is 11.9 Å². The van der Waals surface area contributed by atoms with Gasteiger partial charge in [-0.1, -0.05) is 25.4 Å². The summed E-state index contributed by atoms with van der Waals surface area (Å²) in [7, 11) is 0. The van der Waals surface area contributed by atoms with Gasteiger partial charge in [0.2, 0.25) is 0 Å². The van der Waals surface area contributed by atoms with Gasteiger partial charge in [-0.15, -0.1) is 0 Å². The first kappa shape index (κ1) is 20.7. The number of rotatable bonds is 5. The molecule has 1 aromatic carbocycles. The van der Waals surface area contributed by atoms with Gasteiger partial charge in [0.15, 0.2) is 0 Å². The monoisotopic (exact) mass is 409 g/mol. The summed E-state index contributed by atoms with van der Waals surface area (Å²) >= 11 is 6.25. The Balaban J connectivity index is 1.49. The number of ether oxygens (including phenoxy) is 2. The van der Waals surface area contributed by atoms with Crippen LogP contribution in [-0.4, -0.2) is 67.2 Å². The lowest BCUT2D eigenvalue weighted by Gasteiger charge is -2.35. The molecule has 2 aliphatic heterocycles. The van der Waals surface area contributed by atoms with E-state index in [1.54, 1.807) is 28.0 Å². The lowest BCUT2D eigenvalue weighted by Crippen LogP contribution is -2.53. The molecule has 1 unspecified atom stereocenters. The fourth-order valence-electron chi connectivity index (χ4n) is 3.26. The number of nitrogens with one attached hydrogen (secondary N) is 1. The Morgan fingerprint density at radius 2 is 1.96 bits per heavy atom. The first-order valence-corrected chi connectivity index (χ1v) is 10.2. The Morgan fingerprint density at radius 1 is 1.25 bits per heavy atom. The molecule has 0 aromatic heterocycles. The first-order chi connectivity index (χ1) is 13.4. The molecule has 2 aliphatic rings. The highest BCUT2D eigenvalue weighted by atomic mass is 35.5. The number of carbonyl (C=O) groups is 2. The van der Waals surface area contributed by atoms with Crippen molar-refractivity contribution in [2.45, 2.75) is 32.8 Å². The minimum atomic E-state index is -0.307. The van der Waals surface area contributed by atoms with Crippen molar-refractivity contribution >= 4 is 29.2 Å². The lowest BCUT2D eigenvalue weighted by atomic mass is 10.2. The highest BCUT2D eigenvalue weighted by Gasteiger charge is 2.31. The number of hydrogen-bond acceptors (Lipinski definition) is 4. The number of piperazine rings is 1. The molecule has 2 saturated heterocycles. The van der Waals surface area contributed by atoms with E-state index in [0.717, 1.165) is 12.8 Å². The number of carbonyl (C=O) groups excluding carboxylic acids is 2. The summed E-state index contributed by atoms with van der Waals surface area (Å²) in [6.07, 6.45) is 1.42. The average molecular weight is 410 g/mol. The number of amides is 3. The molecular weight excluding hydrogens is 382 g/mol. The van der Waals surface area contributed by atoms with Crippen LogP contribution in [0, 0.1) is 5.92 Å². The van der Waals surface area contributed by atoms with Crippen molar-refractivity contribution in [3.8, 4) is 5.75 Å². The van der Waals surface area contributed by atoms with Crippen LogP contribution in [0.1, 0.15) is 26.7 Å². The molecule has 1 N–H and O–H groups in total.